The zero-order valence-corrected chi connectivity index (χ0v) is 16.8. The van der Waals surface area contributed by atoms with E-state index in [4.69, 9.17) is 19.5 Å². The van der Waals surface area contributed by atoms with Crippen LogP contribution in [0.3, 0.4) is 0 Å². The van der Waals surface area contributed by atoms with Gasteiger partial charge in [-0.3, -0.25) is 9.63 Å². The summed E-state index contributed by atoms with van der Waals surface area (Å²) in [6.07, 6.45) is -0.466. The summed E-state index contributed by atoms with van der Waals surface area (Å²) >= 11 is 0. The van der Waals surface area contributed by atoms with E-state index in [-0.39, 0.29) is 5.91 Å². The molecule has 30 heavy (non-hydrogen) atoms. The summed E-state index contributed by atoms with van der Waals surface area (Å²) in [4.78, 5) is 27.6. The van der Waals surface area contributed by atoms with Crippen LogP contribution < -0.4 is 10.1 Å². The lowest BCUT2D eigenvalue weighted by Gasteiger charge is -2.29. The average molecular weight is 432 g/mol. The summed E-state index contributed by atoms with van der Waals surface area (Å²) in [5.41, 5.74) is 0.620. The van der Waals surface area contributed by atoms with Crippen LogP contribution in [-0.2, 0) is 9.63 Å². The Morgan fingerprint density at radius 3 is 2.33 bits per heavy atom. The molecule has 0 aromatic heterocycles. The van der Waals surface area contributed by atoms with Crippen LogP contribution in [-0.4, -0.2) is 61.6 Å². The van der Waals surface area contributed by atoms with Crippen molar-refractivity contribution in [3.8, 4) is 5.75 Å². The summed E-state index contributed by atoms with van der Waals surface area (Å²) in [5, 5.41) is 12.1. The van der Waals surface area contributed by atoms with Crippen molar-refractivity contribution in [1.82, 2.24) is 10.4 Å². The highest BCUT2D eigenvalue weighted by Crippen LogP contribution is 2.29. The largest absolute Gasteiger partial charge is 0.497 e. The highest BCUT2D eigenvalue weighted by molar-refractivity contribution is 5.93. The lowest BCUT2D eigenvalue weighted by atomic mass is 9.98. The standard InChI is InChI=1S/C18H26N2O3.C2HF3O2/c1-22-17-4-2-3-16(11-17)18(21)20(23-13-15-5-6-15)12-14-7-9-19-10-8-14;3-2(4,5)1(6)7/h2-4,11,14-15,19H,5-10,12-13H2,1H3;(H,6,7). The molecule has 1 saturated heterocycles. The van der Waals surface area contributed by atoms with Gasteiger partial charge in [0.25, 0.3) is 5.91 Å². The molecule has 0 unspecified atom stereocenters. The molecule has 1 heterocycles. The third kappa shape index (κ3) is 8.19. The molecule has 3 rings (SSSR count). The van der Waals surface area contributed by atoms with Gasteiger partial charge in [-0.15, -0.1) is 0 Å². The molecule has 7 nitrogen and oxygen atoms in total. The fourth-order valence-electron chi connectivity index (χ4n) is 2.87. The van der Waals surface area contributed by atoms with E-state index in [2.05, 4.69) is 5.32 Å². The zero-order valence-electron chi connectivity index (χ0n) is 16.8. The van der Waals surface area contributed by atoms with Gasteiger partial charge in [0.1, 0.15) is 5.75 Å². The molecule has 0 radical (unpaired) electrons. The van der Waals surface area contributed by atoms with Gasteiger partial charge in [0.2, 0.25) is 0 Å². The number of carbonyl (C=O) groups excluding carboxylic acids is 1. The topological polar surface area (TPSA) is 88.1 Å². The lowest BCUT2D eigenvalue weighted by Crippen LogP contribution is -2.39. The van der Waals surface area contributed by atoms with E-state index < -0.39 is 12.1 Å². The van der Waals surface area contributed by atoms with Gasteiger partial charge in [-0.2, -0.15) is 13.2 Å². The molecule has 1 aliphatic heterocycles. The number of benzene rings is 1. The van der Waals surface area contributed by atoms with Crippen LogP contribution in [0, 0.1) is 11.8 Å². The summed E-state index contributed by atoms with van der Waals surface area (Å²) < 4.78 is 37.0. The monoisotopic (exact) mass is 432 g/mol. The third-order valence-corrected chi connectivity index (χ3v) is 4.83. The smallest absolute Gasteiger partial charge is 0.490 e. The molecule has 1 aromatic carbocycles. The first-order valence-electron chi connectivity index (χ1n) is 9.80. The molecule has 1 aromatic rings. The fraction of sp³-hybridized carbons (Fsp3) is 0.600. The Bertz CT molecular complexity index is 704. The van der Waals surface area contributed by atoms with Gasteiger partial charge in [0.15, 0.2) is 0 Å². The average Bonchev–Trinajstić information content (AvgIpc) is 3.55. The van der Waals surface area contributed by atoms with Gasteiger partial charge in [-0.25, -0.2) is 9.86 Å². The Morgan fingerprint density at radius 1 is 1.17 bits per heavy atom. The quantitative estimate of drug-likeness (QED) is 0.644. The van der Waals surface area contributed by atoms with Crippen molar-refractivity contribution in [2.45, 2.75) is 31.9 Å². The highest BCUT2D eigenvalue weighted by atomic mass is 19.4. The van der Waals surface area contributed by atoms with E-state index in [0.29, 0.717) is 36.3 Å². The van der Waals surface area contributed by atoms with E-state index >= 15 is 0 Å². The van der Waals surface area contributed by atoms with Crippen LogP contribution in [0.25, 0.3) is 0 Å². The normalized spacial score (nSPS) is 16.9. The number of hydrogen-bond acceptors (Lipinski definition) is 5. The van der Waals surface area contributed by atoms with Crippen molar-refractivity contribution in [1.29, 1.82) is 0 Å². The van der Waals surface area contributed by atoms with E-state index in [9.17, 15) is 18.0 Å². The number of carboxylic acid groups (broad SMARTS) is 1. The van der Waals surface area contributed by atoms with Gasteiger partial charge in [0.05, 0.1) is 20.3 Å². The van der Waals surface area contributed by atoms with Crippen LogP contribution in [0.4, 0.5) is 13.2 Å². The first kappa shape index (κ1) is 23.9. The minimum absolute atomic E-state index is 0.0666. The highest BCUT2D eigenvalue weighted by Gasteiger charge is 2.38. The molecule has 10 heteroatoms. The van der Waals surface area contributed by atoms with Crippen molar-refractivity contribution in [2.24, 2.45) is 11.8 Å². The summed E-state index contributed by atoms with van der Waals surface area (Å²) in [6, 6.07) is 7.29. The Labute approximate surface area is 173 Å². The molecule has 168 valence electrons. The molecule has 1 aliphatic carbocycles. The Kier molecular flexibility index (Phi) is 8.91. The number of methoxy groups -OCH3 is 1. The number of ether oxygens (including phenoxy) is 1. The predicted molar refractivity (Wildman–Crippen MR) is 102 cm³/mol. The van der Waals surface area contributed by atoms with Crippen LogP contribution >= 0.6 is 0 Å². The number of amides is 1. The van der Waals surface area contributed by atoms with E-state index in [1.165, 1.54) is 12.8 Å². The number of nitrogens with one attached hydrogen (secondary N) is 1. The number of hydrogen-bond donors (Lipinski definition) is 2. The van der Waals surface area contributed by atoms with Crippen LogP contribution in [0.15, 0.2) is 24.3 Å². The number of nitrogens with zero attached hydrogens (tertiary/aromatic N) is 1. The third-order valence-electron chi connectivity index (χ3n) is 4.83. The maximum atomic E-state index is 12.8. The van der Waals surface area contributed by atoms with E-state index in [1.807, 2.05) is 18.2 Å². The maximum absolute atomic E-state index is 12.8. The minimum atomic E-state index is -5.08. The van der Waals surface area contributed by atoms with Gasteiger partial charge in [0, 0.05) is 5.56 Å². The van der Waals surface area contributed by atoms with Crippen LogP contribution in [0.2, 0.25) is 0 Å². The molecule has 1 saturated carbocycles. The van der Waals surface area contributed by atoms with E-state index in [0.717, 1.165) is 25.9 Å². The first-order valence-corrected chi connectivity index (χ1v) is 9.80. The Balaban J connectivity index is 0.000000396. The second-order valence-electron chi connectivity index (χ2n) is 7.33. The molecule has 1 amide bonds. The predicted octanol–water partition coefficient (Wildman–Crippen LogP) is 3.11. The van der Waals surface area contributed by atoms with Crippen molar-refractivity contribution in [3.05, 3.63) is 29.8 Å². The molecule has 0 bridgehead atoms. The Hall–Kier alpha value is -2.33. The SMILES string of the molecule is COc1cccc(C(=O)N(CC2CCNCC2)OCC2CC2)c1.O=C(O)C(F)(F)F. The van der Waals surface area contributed by atoms with Crippen molar-refractivity contribution in [2.75, 3.05) is 33.4 Å². The van der Waals surface area contributed by atoms with Crippen LogP contribution in [0.5, 0.6) is 5.75 Å². The fourth-order valence-corrected chi connectivity index (χ4v) is 2.87. The molecule has 0 spiro atoms. The first-order chi connectivity index (χ1) is 14.2. The molecular formula is C20H27F3N2O5. The summed E-state index contributed by atoms with van der Waals surface area (Å²) in [5.74, 6) is -0.996. The van der Waals surface area contributed by atoms with Crippen molar-refractivity contribution in [3.63, 3.8) is 0 Å². The van der Waals surface area contributed by atoms with Crippen molar-refractivity contribution < 1.29 is 37.4 Å². The van der Waals surface area contributed by atoms with Gasteiger partial charge in [-0.1, -0.05) is 6.07 Å². The second-order valence-corrected chi connectivity index (χ2v) is 7.33. The molecule has 2 fully saturated rings. The summed E-state index contributed by atoms with van der Waals surface area (Å²) in [6.45, 7) is 3.37. The van der Waals surface area contributed by atoms with Crippen molar-refractivity contribution >= 4 is 11.9 Å². The number of carbonyl (C=O) groups is 2. The number of hydroxylamine groups is 2. The van der Waals surface area contributed by atoms with E-state index in [1.54, 1.807) is 18.2 Å². The van der Waals surface area contributed by atoms with Crippen LogP contribution in [0.1, 0.15) is 36.0 Å². The molecule has 2 N–H and O–H groups in total. The number of carboxylic acids is 1. The van der Waals surface area contributed by atoms with Gasteiger partial charge < -0.3 is 15.2 Å². The molecule has 2 aliphatic rings. The number of aliphatic carboxylic acids is 1. The van der Waals surface area contributed by atoms with Gasteiger partial charge >= 0.3 is 12.1 Å². The number of alkyl halides is 3. The molecular weight excluding hydrogens is 405 g/mol. The van der Waals surface area contributed by atoms with Gasteiger partial charge in [-0.05, 0) is 68.8 Å². The number of halogens is 3. The second kappa shape index (κ2) is 11.2. The number of rotatable bonds is 7. The Morgan fingerprint density at radius 2 is 1.80 bits per heavy atom. The summed E-state index contributed by atoms with van der Waals surface area (Å²) in [7, 11) is 1.61. The number of piperidine rings is 1. The zero-order chi connectivity index (χ0) is 22.1. The minimum Gasteiger partial charge on any atom is -0.497 e. The lowest BCUT2D eigenvalue weighted by molar-refractivity contribution is -0.192. The maximum Gasteiger partial charge on any atom is 0.490 e. The molecule has 0 atom stereocenters.